The van der Waals surface area contributed by atoms with Gasteiger partial charge in [0.05, 0.1) is 12.9 Å². The number of rotatable bonds is 12. The molecule has 0 aliphatic heterocycles. The van der Waals surface area contributed by atoms with E-state index in [1.807, 2.05) is 23.8 Å². The van der Waals surface area contributed by atoms with Gasteiger partial charge in [-0.3, -0.25) is 9.52 Å². The molecule has 1 heterocycles. The normalized spacial score (nSPS) is 11.5. The van der Waals surface area contributed by atoms with Gasteiger partial charge in [0.25, 0.3) is 0 Å². The molecule has 0 fully saturated rings. The van der Waals surface area contributed by atoms with E-state index >= 15 is 0 Å². The summed E-state index contributed by atoms with van der Waals surface area (Å²) in [5.74, 6) is 0.379. The third-order valence-corrected chi connectivity index (χ3v) is 5.53. The maximum absolute atomic E-state index is 11.6. The molecule has 0 bridgehead atoms. The molecular formula is C20H28N2O4S2. The summed E-state index contributed by atoms with van der Waals surface area (Å²) in [5.41, 5.74) is 2.58. The minimum atomic E-state index is -3.49. The third-order valence-electron chi connectivity index (χ3n) is 4.20. The maximum Gasteiger partial charge on any atom is 0.234 e. The highest BCUT2D eigenvalue weighted by molar-refractivity contribution is 7.89. The Morgan fingerprint density at radius 2 is 1.89 bits per heavy atom. The van der Waals surface area contributed by atoms with E-state index in [-0.39, 0.29) is 6.42 Å². The average molecular weight is 425 g/mol. The van der Waals surface area contributed by atoms with Crippen molar-refractivity contribution in [3.63, 3.8) is 0 Å². The molecule has 28 heavy (non-hydrogen) atoms. The summed E-state index contributed by atoms with van der Waals surface area (Å²) in [5, 5.41) is 4.25. The van der Waals surface area contributed by atoms with Crippen molar-refractivity contribution in [3.05, 3.63) is 52.2 Å². The lowest BCUT2D eigenvalue weighted by atomic mass is 10.1. The molecule has 0 aliphatic rings. The van der Waals surface area contributed by atoms with Crippen molar-refractivity contribution in [1.82, 2.24) is 9.62 Å². The van der Waals surface area contributed by atoms with Crippen LogP contribution in [0.3, 0.4) is 0 Å². The highest BCUT2D eigenvalue weighted by Crippen LogP contribution is 2.17. The maximum atomic E-state index is 11.6. The highest BCUT2D eigenvalue weighted by Gasteiger charge is 2.10. The number of carbonyl (C=O) groups is 1. The van der Waals surface area contributed by atoms with Crippen molar-refractivity contribution in [2.24, 2.45) is 0 Å². The fourth-order valence-corrected chi connectivity index (χ4v) is 3.94. The van der Waals surface area contributed by atoms with Crippen molar-refractivity contribution < 1.29 is 17.9 Å². The standard InChI is InChI=1S/C20H28N2O4S2/c1-3-22(12-9-20(23)21-28(2,24)25)11-4-13-26-19-7-5-17(6-8-19)15-18-10-14-27-16-18/h5-8,10,14,16H,3-4,9,11-13,15H2,1-2H3,(H,21,23). The molecule has 0 spiro atoms. The van der Waals surface area contributed by atoms with E-state index in [1.165, 1.54) is 11.1 Å². The Hall–Kier alpha value is -1.90. The highest BCUT2D eigenvalue weighted by atomic mass is 32.2. The van der Waals surface area contributed by atoms with E-state index in [0.29, 0.717) is 13.2 Å². The topological polar surface area (TPSA) is 75.7 Å². The first-order valence-corrected chi connectivity index (χ1v) is 12.1. The molecule has 0 aliphatic carbocycles. The number of carbonyl (C=O) groups excluding carboxylic acids is 1. The lowest BCUT2D eigenvalue weighted by molar-refractivity contribution is -0.119. The van der Waals surface area contributed by atoms with Crippen molar-refractivity contribution >= 4 is 27.3 Å². The molecule has 0 atom stereocenters. The number of amides is 1. The predicted molar refractivity (Wildman–Crippen MR) is 113 cm³/mol. The van der Waals surface area contributed by atoms with Crippen LogP contribution in [0.25, 0.3) is 0 Å². The van der Waals surface area contributed by atoms with Crippen molar-refractivity contribution in [2.45, 2.75) is 26.2 Å². The van der Waals surface area contributed by atoms with Crippen LogP contribution in [-0.4, -0.2) is 51.7 Å². The molecule has 154 valence electrons. The molecule has 1 amide bonds. The van der Waals surface area contributed by atoms with E-state index in [2.05, 4.69) is 33.9 Å². The number of hydrogen-bond donors (Lipinski definition) is 1. The number of thiophene rings is 1. The fraction of sp³-hybridized carbons (Fsp3) is 0.450. The SMILES string of the molecule is CCN(CCCOc1ccc(Cc2ccsc2)cc1)CCC(=O)NS(C)(=O)=O. The van der Waals surface area contributed by atoms with Gasteiger partial charge in [-0.25, -0.2) is 8.42 Å². The molecule has 2 aromatic rings. The number of nitrogens with zero attached hydrogens (tertiary/aromatic N) is 1. The summed E-state index contributed by atoms with van der Waals surface area (Å²) in [6, 6.07) is 10.3. The summed E-state index contributed by atoms with van der Waals surface area (Å²) in [7, 11) is -3.49. The van der Waals surface area contributed by atoms with Crippen LogP contribution in [0.1, 0.15) is 30.9 Å². The first kappa shape index (κ1) is 22.4. The van der Waals surface area contributed by atoms with Gasteiger partial charge in [0.2, 0.25) is 15.9 Å². The number of hydrogen-bond acceptors (Lipinski definition) is 6. The zero-order valence-electron chi connectivity index (χ0n) is 16.4. The Kier molecular flexibility index (Phi) is 8.95. The Labute approximate surface area is 171 Å². The van der Waals surface area contributed by atoms with E-state index in [4.69, 9.17) is 4.74 Å². The molecule has 0 saturated carbocycles. The van der Waals surface area contributed by atoms with E-state index in [9.17, 15) is 13.2 Å². The molecule has 8 heteroatoms. The zero-order chi connectivity index (χ0) is 20.4. The summed E-state index contributed by atoms with van der Waals surface area (Å²) < 4.78 is 29.9. The van der Waals surface area contributed by atoms with Crippen LogP contribution in [0.4, 0.5) is 0 Å². The lowest BCUT2D eigenvalue weighted by Crippen LogP contribution is -2.34. The number of nitrogens with one attached hydrogen (secondary N) is 1. The monoisotopic (exact) mass is 424 g/mol. The largest absolute Gasteiger partial charge is 0.494 e. The van der Waals surface area contributed by atoms with Gasteiger partial charge >= 0.3 is 0 Å². The van der Waals surface area contributed by atoms with Gasteiger partial charge in [0.15, 0.2) is 0 Å². The van der Waals surface area contributed by atoms with Gasteiger partial charge in [0.1, 0.15) is 5.75 Å². The first-order valence-electron chi connectivity index (χ1n) is 9.31. The first-order chi connectivity index (χ1) is 13.4. The van der Waals surface area contributed by atoms with Crippen LogP contribution in [0.2, 0.25) is 0 Å². The lowest BCUT2D eigenvalue weighted by Gasteiger charge is -2.20. The molecular weight excluding hydrogens is 396 g/mol. The van der Waals surface area contributed by atoms with Crippen LogP contribution >= 0.6 is 11.3 Å². The van der Waals surface area contributed by atoms with Crippen LogP contribution in [-0.2, 0) is 21.2 Å². The van der Waals surface area contributed by atoms with Gasteiger partial charge in [-0.1, -0.05) is 19.1 Å². The van der Waals surface area contributed by atoms with Gasteiger partial charge in [-0.05, 0) is 59.5 Å². The van der Waals surface area contributed by atoms with Gasteiger partial charge < -0.3 is 9.64 Å². The molecule has 2 rings (SSSR count). The second-order valence-corrected chi connectivity index (χ2v) is 9.16. The number of sulfonamides is 1. The molecule has 0 unspecified atom stereocenters. The molecule has 1 aromatic heterocycles. The zero-order valence-corrected chi connectivity index (χ0v) is 18.0. The van der Waals surface area contributed by atoms with Crippen molar-refractivity contribution in [3.8, 4) is 5.75 Å². The summed E-state index contributed by atoms with van der Waals surface area (Å²) in [6.45, 7) is 4.72. The van der Waals surface area contributed by atoms with Crippen LogP contribution in [0.15, 0.2) is 41.1 Å². The van der Waals surface area contributed by atoms with Crippen molar-refractivity contribution in [2.75, 3.05) is 32.5 Å². The van der Waals surface area contributed by atoms with E-state index in [0.717, 1.165) is 37.9 Å². The second-order valence-electron chi connectivity index (χ2n) is 6.64. The molecule has 1 aromatic carbocycles. The number of benzene rings is 1. The van der Waals surface area contributed by atoms with Crippen molar-refractivity contribution in [1.29, 1.82) is 0 Å². The molecule has 0 radical (unpaired) electrons. The third kappa shape index (κ3) is 8.86. The summed E-state index contributed by atoms with van der Waals surface area (Å²) in [4.78, 5) is 13.7. The fourth-order valence-electron chi connectivity index (χ4n) is 2.76. The Balaban J connectivity index is 1.65. The average Bonchev–Trinajstić information content (AvgIpc) is 3.14. The summed E-state index contributed by atoms with van der Waals surface area (Å²) >= 11 is 1.71. The second kappa shape index (κ2) is 11.2. The van der Waals surface area contributed by atoms with Crippen LogP contribution in [0.5, 0.6) is 5.75 Å². The molecule has 1 N–H and O–H groups in total. The molecule has 6 nitrogen and oxygen atoms in total. The Bertz CT molecular complexity index is 818. The number of ether oxygens (including phenoxy) is 1. The summed E-state index contributed by atoms with van der Waals surface area (Å²) in [6.07, 6.45) is 2.90. The van der Waals surface area contributed by atoms with Gasteiger partial charge in [-0.15, -0.1) is 0 Å². The van der Waals surface area contributed by atoms with Gasteiger partial charge in [0, 0.05) is 19.5 Å². The van der Waals surface area contributed by atoms with Crippen LogP contribution < -0.4 is 9.46 Å². The Morgan fingerprint density at radius 3 is 2.50 bits per heavy atom. The van der Waals surface area contributed by atoms with E-state index in [1.54, 1.807) is 11.3 Å². The minimum absolute atomic E-state index is 0.160. The smallest absolute Gasteiger partial charge is 0.234 e. The van der Waals surface area contributed by atoms with Gasteiger partial charge in [-0.2, -0.15) is 11.3 Å². The van der Waals surface area contributed by atoms with Crippen LogP contribution in [0, 0.1) is 0 Å². The Morgan fingerprint density at radius 1 is 1.14 bits per heavy atom. The molecule has 0 saturated heterocycles. The minimum Gasteiger partial charge on any atom is -0.494 e. The predicted octanol–water partition coefficient (Wildman–Crippen LogP) is 2.90. The quantitative estimate of drug-likeness (QED) is 0.530. The van der Waals surface area contributed by atoms with E-state index < -0.39 is 15.9 Å².